The molecule has 26 heavy (non-hydrogen) atoms. The second-order valence-corrected chi connectivity index (χ2v) is 6.82. The highest BCUT2D eigenvalue weighted by molar-refractivity contribution is 6.06. The number of hydrogen-bond acceptors (Lipinski definition) is 4. The average molecular weight is 355 g/mol. The van der Waals surface area contributed by atoms with Gasteiger partial charge in [-0.3, -0.25) is 14.5 Å². The second-order valence-electron chi connectivity index (χ2n) is 6.82. The van der Waals surface area contributed by atoms with Gasteiger partial charge in [-0.05, 0) is 38.5 Å². The van der Waals surface area contributed by atoms with Crippen LogP contribution in [0, 0.1) is 0 Å². The van der Waals surface area contributed by atoms with Crippen molar-refractivity contribution in [2.45, 2.75) is 38.9 Å². The quantitative estimate of drug-likeness (QED) is 0.801. The van der Waals surface area contributed by atoms with Gasteiger partial charge in [-0.2, -0.15) is 0 Å². The van der Waals surface area contributed by atoms with E-state index in [2.05, 4.69) is 15.6 Å². The number of carbonyl (C=O) groups excluding carboxylic acids is 3. The molecule has 2 heterocycles. The van der Waals surface area contributed by atoms with E-state index in [4.69, 9.17) is 0 Å². The lowest BCUT2D eigenvalue weighted by molar-refractivity contribution is -0.130. The maximum atomic E-state index is 12.3. The highest BCUT2D eigenvalue weighted by atomic mass is 16.2. The lowest BCUT2D eigenvalue weighted by Crippen LogP contribution is -2.40. The smallest absolute Gasteiger partial charge is 0.325 e. The first-order valence-electron chi connectivity index (χ1n) is 8.29. The predicted molar refractivity (Wildman–Crippen MR) is 95.2 cm³/mol. The van der Waals surface area contributed by atoms with Crippen LogP contribution in [0.25, 0.3) is 0 Å². The average Bonchev–Trinajstić information content (AvgIpc) is 3.19. The van der Waals surface area contributed by atoms with Crippen LogP contribution in [0.15, 0.2) is 43.0 Å². The minimum absolute atomic E-state index is 0.161. The van der Waals surface area contributed by atoms with E-state index in [0.717, 1.165) is 5.56 Å². The number of hydrogen-bond donors (Lipinski definition) is 2. The summed E-state index contributed by atoms with van der Waals surface area (Å²) in [6, 6.07) is 6.28. The third-order valence-corrected chi connectivity index (χ3v) is 4.36. The van der Waals surface area contributed by atoms with Gasteiger partial charge in [0.2, 0.25) is 5.91 Å². The Morgan fingerprint density at radius 3 is 2.50 bits per heavy atom. The molecule has 0 saturated carbocycles. The normalized spacial score (nSPS) is 17.1. The molecule has 2 aromatic rings. The number of nitrogens with one attached hydrogen (secondary N) is 2. The lowest BCUT2D eigenvalue weighted by Gasteiger charge is -2.16. The summed E-state index contributed by atoms with van der Waals surface area (Å²) in [7, 11) is 0. The molecule has 8 nitrogen and oxygen atoms in total. The van der Waals surface area contributed by atoms with E-state index in [1.165, 1.54) is 4.90 Å². The molecule has 2 N–H and O–H groups in total. The zero-order chi connectivity index (χ0) is 18.9. The summed E-state index contributed by atoms with van der Waals surface area (Å²) in [6.07, 6.45) is 4.94. The van der Waals surface area contributed by atoms with Gasteiger partial charge in [0.25, 0.3) is 5.91 Å². The molecule has 1 unspecified atom stereocenters. The van der Waals surface area contributed by atoms with Gasteiger partial charge in [0.05, 0.1) is 12.9 Å². The van der Waals surface area contributed by atoms with Crippen molar-refractivity contribution in [3.8, 4) is 0 Å². The van der Waals surface area contributed by atoms with E-state index in [-0.39, 0.29) is 24.4 Å². The number of anilines is 1. The lowest BCUT2D eigenvalue weighted by atomic mass is 10.1. The number of amides is 4. The molecule has 1 saturated heterocycles. The van der Waals surface area contributed by atoms with Crippen molar-refractivity contribution in [3.05, 3.63) is 48.5 Å². The number of aromatic nitrogens is 2. The molecule has 1 aromatic carbocycles. The van der Waals surface area contributed by atoms with E-state index in [1.54, 1.807) is 68.3 Å². The summed E-state index contributed by atoms with van der Waals surface area (Å²) in [5.74, 6) is -0.416. The number of benzene rings is 1. The van der Waals surface area contributed by atoms with E-state index < -0.39 is 11.6 Å². The molecule has 0 aliphatic carbocycles. The van der Waals surface area contributed by atoms with Gasteiger partial charge in [-0.1, -0.05) is 12.1 Å². The summed E-state index contributed by atoms with van der Waals surface area (Å²) in [4.78, 5) is 41.5. The summed E-state index contributed by atoms with van der Waals surface area (Å²) >= 11 is 0. The highest BCUT2D eigenvalue weighted by Crippen LogP contribution is 2.20. The number of imidazole rings is 1. The van der Waals surface area contributed by atoms with E-state index in [9.17, 15) is 14.4 Å². The van der Waals surface area contributed by atoms with Crippen LogP contribution in [0.4, 0.5) is 10.5 Å². The molecular weight excluding hydrogens is 334 g/mol. The molecule has 8 heteroatoms. The van der Waals surface area contributed by atoms with Crippen molar-refractivity contribution in [3.63, 3.8) is 0 Å². The predicted octanol–water partition coefficient (Wildman–Crippen LogP) is 1.91. The molecular formula is C18H21N5O3. The molecule has 1 fully saturated rings. The van der Waals surface area contributed by atoms with Crippen molar-refractivity contribution in [2.24, 2.45) is 0 Å². The Morgan fingerprint density at radius 1 is 1.27 bits per heavy atom. The molecule has 136 valence electrons. The van der Waals surface area contributed by atoms with Crippen LogP contribution in [-0.4, -0.2) is 37.8 Å². The van der Waals surface area contributed by atoms with Gasteiger partial charge in [0, 0.05) is 18.1 Å². The molecule has 1 atom stereocenters. The van der Waals surface area contributed by atoms with Crippen LogP contribution < -0.4 is 10.6 Å². The number of nitrogens with zero attached hydrogens (tertiary/aromatic N) is 3. The van der Waals surface area contributed by atoms with E-state index in [1.807, 2.05) is 0 Å². The third kappa shape index (κ3) is 3.44. The van der Waals surface area contributed by atoms with Crippen LogP contribution in [0.1, 0.15) is 32.4 Å². The van der Waals surface area contributed by atoms with E-state index >= 15 is 0 Å². The summed E-state index contributed by atoms with van der Waals surface area (Å²) in [5.41, 5.74) is 0.559. The SMILES string of the molecule is CC(C(=O)Nc1ccc(CN2C(=O)NC(C)(C)C2=O)cc1)n1ccnc1. The molecule has 0 bridgehead atoms. The molecule has 0 radical (unpaired) electrons. The minimum atomic E-state index is -0.880. The molecule has 1 aromatic heterocycles. The topological polar surface area (TPSA) is 96.3 Å². The molecule has 4 amide bonds. The number of urea groups is 1. The number of imide groups is 1. The van der Waals surface area contributed by atoms with Crippen molar-refractivity contribution in [1.82, 2.24) is 19.8 Å². The first-order chi connectivity index (χ1) is 12.3. The van der Waals surface area contributed by atoms with Gasteiger partial charge >= 0.3 is 6.03 Å². The summed E-state index contributed by atoms with van der Waals surface area (Å²) < 4.78 is 1.71. The van der Waals surface area contributed by atoms with Crippen molar-refractivity contribution >= 4 is 23.5 Å². The van der Waals surface area contributed by atoms with Crippen LogP contribution in [-0.2, 0) is 16.1 Å². The fourth-order valence-corrected chi connectivity index (χ4v) is 2.72. The third-order valence-electron chi connectivity index (χ3n) is 4.36. The van der Waals surface area contributed by atoms with Crippen molar-refractivity contribution < 1.29 is 14.4 Å². The van der Waals surface area contributed by atoms with Crippen LogP contribution >= 0.6 is 0 Å². The van der Waals surface area contributed by atoms with Crippen LogP contribution in [0.2, 0.25) is 0 Å². The fourth-order valence-electron chi connectivity index (χ4n) is 2.72. The molecule has 3 rings (SSSR count). The Morgan fingerprint density at radius 2 is 1.96 bits per heavy atom. The van der Waals surface area contributed by atoms with E-state index in [0.29, 0.717) is 5.69 Å². The van der Waals surface area contributed by atoms with Gasteiger partial charge in [0.1, 0.15) is 11.6 Å². The zero-order valence-electron chi connectivity index (χ0n) is 14.9. The molecule has 1 aliphatic heterocycles. The molecule has 0 spiro atoms. The first kappa shape index (κ1) is 17.7. The van der Waals surface area contributed by atoms with Gasteiger partial charge < -0.3 is 15.2 Å². The first-order valence-corrected chi connectivity index (χ1v) is 8.29. The standard InChI is InChI=1S/C18H21N5O3/c1-12(22-9-8-19-11-22)15(24)20-14-6-4-13(5-7-14)10-23-16(25)18(2,3)21-17(23)26/h4-9,11-12H,10H2,1-3H3,(H,20,24)(H,21,26). The number of carbonyl (C=O) groups is 3. The van der Waals surface area contributed by atoms with Gasteiger partial charge in [0.15, 0.2) is 0 Å². The Hall–Kier alpha value is -3.16. The second kappa shape index (κ2) is 6.62. The monoisotopic (exact) mass is 355 g/mol. The maximum Gasteiger partial charge on any atom is 0.325 e. The van der Waals surface area contributed by atoms with Gasteiger partial charge in [-0.15, -0.1) is 0 Å². The van der Waals surface area contributed by atoms with Crippen molar-refractivity contribution in [1.29, 1.82) is 0 Å². The van der Waals surface area contributed by atoms with Crippen LogP contribution in [0.5, 0.6) is 0 Å². The summed E-state index contributed by atoms with van der Waals surface area (Å²) in [5, 5.41) is 5.48. The highest BCUT2D eigenvalue weighted by Gasteiger charge is 2.43. The Balaban J connectivity index is 1.63. The fraction of sp³-hybridized carbons (Fsp3) is 0.333. The Bertz CT molecular complexity index is 827. The van der Waals surface area contributed by atoms with Gasteiger partial charge in [-0.25, -0.2) is 9.78 Å². The number of rotatable bonds is 5. The maximum absolute atomic E-state index is 12.3. The zero-order valence-corrected chi connectivity index (χ0v) is 14.9. The van der Waals surface area contributed by atoms with Crippen molar-refractivity contribution in [2.75, 3.05) is 5.32 Å². The summed E-state index contributed by atoms with van der Waals surface area (Å²) in [6.45, 7) is 5.32. The van der Waals surface area contributed by atoms with Crippen LogP contribution in [0.3, 0.4) is 0 Å². The Kier molecular flexibility index (Phi) is 4.50. The minimum Gasteiger partial charge on any atom is -0.325 e. The largest absolute Gasteiger partial charge is 0.325 e. The Labute approximate surface area is 151 Å². The molecule has 1 aliphatic rings.